The molecule has 2 aliphatic rings. The molecule has 0 spiro atoms. The van der Waals surface area contributed by atoms with Gasteiger partial charge in [-0.2, -0.15) is 5.26 Å². The SMILES string of the molecule is Cc1cccc(OCc2ccc(C(=O)N3CCN(c4ccc(C#N)cc4F)C4CC43)cc2F)c1C. The van der Waals surface area contributed by atoms with Gasteiger partial charge in [-0.05, 0) is 67.8 Å². The highest BCUT2D eigenvalue weighted by atomic mass is 19.1. The quantitative estimate of drug-likeness (QED) is 0.515. The number of hydrogen-bond donors (Lipinski definition) is 0. The fraction of sp³-hybridized carbons (Fsp3) is 0.286. The molecule has 7 heteroatoms. The van der Waals surface area contributed by atoms with E-state index in [1.54, 1.807) is 29.2 Å². The molecule has 3 aromatic rings. The zero-order valence-corrected chi connectivity index (χ0v) is 19.6. The van der Waals surface area contributed by atoms with Gasteiger partial charge >= 0.3 is 0 Å². The van der Waals surface area contributed by atoms with Gasteiger partial charge in [0.05, 0.1) is 29.4 Å². The molecule has 5 rings (SSSR count). The molecule has 0 radical (unpaired) electrons. The van der Waals surface area contributed by atoms with E-state index in [4.69, 9.17) is 10.00 Å². The summed E-state index contributed by atoms with van der Waals surface area (Å²) in [5.74, 6) is -0.429. The second-order valence-electron chi connectivity index (χ2n) is 9.13. The van der Waals surface area contributed by atoms with E-state index in [-0.39, 0.29) is 30.2 Å². The maximum absolute atomic E-state index is 14.8. The van der Waals surface area contributed by atoms with E-state index in [0.29, 0.717) is 35.7 Å². The highest BCUT2D eigenvalue weighted by molar-refractivity contribution is 5.95. The van der Waals surface area contributed by atoms with Crippen LogP contribution in [0.1, 0.15) is 39.0 Å². The molecular formula is C28H25F2N3O2. The first-order valence-corrected chi connectivity index (χ1v) is 11.6. The van der Waals surface area contributed by atoms with Crippen molar-refractivity contribution in [1.82, 2.24) is 4.90 Å². The molecule has 1 heterocycles. The minimum absolute atomic E-state index is 0.0187. The van der Waals surface area contributed by atoms with Gasteiger partial charge in [0, 0.05) is 24.2 Å². The average molecular weight is 474 g/mol. The number of benzene rings is 3. The monoisotopic (exact) mass is 473 g/mol. The largest absolute Gasteiger partial charge is 0.489 e. The van der Waals surface area contributed by atoms with Crippen molar-refractivity contribution in [3.05, 3.63) is 94.0 Å². The fourth-order valence-electron chi connectivity index (χ4n) is 4.75. The first-order valence-electron chi connectivity index (χ1n) is 11.6. The summed E-state index contributed by atoms with van der Waals surface area (Å²) in [6.07, 6.45) is 0.732. The summed E-state index contributed by atoms with van der Waals surface area (Å²) in [4.78, 5) is 16.9. The van der Waals surface area contributed by atoms with Crippen molar-refractivity contribution in [2.75, 3.05) is 18.0 Å². The second kappa shape index (κ2) is 9.03. The summed E-state index contributed by atoms with van der Waals surface area (Å²) >= 11 is 0. The number of piperazine rings is 1. The van der Waals surface area contributed by atoms with Gasteiger partial charge in [0.25, 0.3) is 5.91 Å². The molecule has 1 aliphatic carbocycles. The van der Waals surface area contributed by atoms with E-state index in [0.717, 1.165) is 17.5 Å². The highest BCUT2D eigenvalue weighted by Gasteiger charge is 2.51. The molecule has 2 fully saturated rings. The number of halogens is 2. The number of hydrogen-bond acceptors (Lipinski definition) is 4. The van der Waals surface area contributed by atoms with Gasteiger partial charge in [-0.25, -0.2) is 8.78 Å². The Kier molecular flexibility index (Phi) is 5.89. The lowest BCUT2D eigenvalue weighted by Gasteiger charge is -2.35. The van der Waals surface area contributed by atoms with E-state index < -0.39 is 11.6 Å². The summed E-state index contributed by atoms with van der Waals surface area (Å²) in [6, 6.07) is 16.6. The lowest BCUT2D eigenvalue weighted by Crippen LogP contribution is -2.49. The maximum Gasteiger partial charge on any atom is 0.254 e. The third-order valence-electron chi connectivity index (χ3n) is 6.99. The molecule has 178 valence electrons. The Balaban J connectivity index is 1.25. The van der Waals surface area contributed by atoms with Gasteiger partial charge in [0.2, 0.25) is 0 Å². The molecule has 1 saturated heterocycles. The van der Waals surface area contributed by atoms with Crippen LogP contribution in [-0.2, 0) is 6.61 Å². The topological polar surface area (TPSA) is 56.6 Å². The normalized spacial score (nSPS) is 18.6. The third kappa shape index (κ3) is 4.32. The number of rotatable bonds is 5. The molecule has 1 saturated carbocycles. The van der Waals surface area contributed by atoms with Gasteiger partial charge in [-0.3, -0.25) is 4.79 Å². The minimum Gasteiger partial charge on any atom is -0.489 e. The molecule has 1 amide bonds. The fourth-order valence-corrected chi connectivity index (χ4v) is 4.75. The number of carbonyl (C=O) groups excluding carboxylic acids is 1. The Morgan fingerprint density at radius 2 is 1.89 bits per heavy atom. The van der Waals surface area contributed by atoms with Crippen LogP contribution in [-0.4, -0.2) is 36.0 Å². The van der Waals surface area contributed by atoms with E-state index in [1.165, 1.54) is 12.1 Å². The van der Waals surface area contributed by atoms with Crippen LogP contribution in [0.15, 0.2) is 54.6 Å². The Morgan fingerprint density at radius 1 is 1.06 bits per heavy atom. The molecule has 35 heavy (non-hydrogen) atoms. The Bertz CT molecular complexity index is 1350. The van der Waals surface area contributed by atoms with Gasteiger partial charge in [0.1, 0.15) is 24.0 Å². The standard InChI is InChI=1S/C28H25F2N3O2/c1-17-4-3-5-27(18(17)2)35-16-21-8-7-20(13-22(21)29)28(34)33-11-10-32(25-14-26(25)33)24-9-6-19(15-31)12-23(24)30/h3-9,12-13,25-26H,10-11,14,16H2,1-2H3. The van der Waals surface area contributed by atoms with Crippen LogP contribution in [0.4, 0.5) is 14.5 Å². The lowest BCUT2D eigenvalue weighted by atomic mass is 10.1. The Labute approximate surface area is 203 Å². The van der Waals surface area contributed by atoms with Crippen molar-refractivity contribution in [3.63, 3.8) is 0 Å². The zero-order valence-electron chi connectivity index (χ0n) is 19.6. The number of aryl methyl sites for hydroxylation is 1. The predicted octanol–water partition coefficient (Wildman–Crippen LogP) is 5.14. The molecule has 2 unspecified atom stereocenters. The molecular weight excluding hydrogens is 448 g/mol. The summed E-state index contributed by atoms with van der Waals surface area (Å²) in [5.41, 5.74) is 3.51. The van der Waals surface area contributed by atoms with Crippen molar-refractivity contribution in [1.29, 1.82) is 5.26 Å². The third-order valence-corrected chi connectivity index (χ3v) is 6.99. The first-order chi connectivity index (χ1) is 16.9. The van der Waals surface area contributed by atoms with Crippen LogP contribution in [0.5, 0.6) is 5.75 Å². The molecule has 3 aromatic carbocycles. The summed E-state index contributed by atoms with van der Waals surface area (Å²) < 4.78 is 35.2. The first kappa shape index (κ1) is 22.9. The Morgan fingerprint density at radius 3 is 2.63 bits per heavy atom. The van der Waals surface area contributed by atoms with Crippen LogP contribution in [0.25, 0.3) is 0 Å². The number of nitriles is 1. The number of anilines is 1. The predicted molar refractivity (Wildman–Crippen MR) is 128 cm³/mol. The summed E-state index contributed by atoms with van der Waals surface area (Å²) in [5, 5.41) is 8.96. The van der Waals surface area contributed by atoms with Gasteiger partial charge in [0.15, 0.2) is 0 Å². The van der Waals surface area contributed by atoms with E-state index in [2.05, 4.69) is 0 Å². The highest BCUT2D eigenvalue weighted by Crippen LogP contribution is 2.41. The lowest BCUT2D eigenvalue weighted by molar-refractivity contribution is 0.0728. The van der Waals surface area contributed by atoms with Gasteiger partial charge in [-0.1, -0.05) is 18.2 Å². The molecule has 0 aromatic heterocycles. The molecule has 5 nitrogen and oxygen atoms in total. The number of ether oxygens (including phenoxy) is 1. The minimum atomic E-state index is -0.480. The van der Waals surface area contributed by atoms with Crippen molar-refractivity contribution in [2.24, 2.45) is 0 Å². The zero-order chi connectivity index (χ0) is 24.7. The van der Waals surface area contributed by atoms with Crippen LogP contribution in [0, 0.1) is 36.8 Å². The van der Waals surface area contributed by atoms with Crippen molar-refractivity contribution in [3.8, 4) is 11.8 Å². The molecule has 0 bridgehead atoms. The van der Waals surface area contributed by atoms with E-state index >= 15 is 0 Å². The van der Waals surface area contributed by atoms with Gasteiger partial charge < -0.3 is 14.5 Å². The summed E-state index contributed by atoms with van der Waals surface area (Å²) in [6.45, 7) is 4.92. The Hall–Kier alpha value is -3.92. The molecule has 1 aliphatic heterocycles. The van der Waals surface area contributed by atoms with E-state index in [1.807, 2.05) is 43.0 Å². The maximum atomic E-state index is 14.8. The number of amides is 1. The van der Waals surface area contributed by atoms with Crippen LogP contribution < -0.4 is 9.64 Å². The number of fused-ring (bicyclic) bond motifs is 1. The van der Waals surface area contributed by atoms with E-state index in [9.17, 15) is 13.6 Å². The van der Waals surface area contributed by atoms with Gasteiger partial charge in [-0.15, -0.1) is 0 Å². The summed E-state index contributed by atoms with van der Waals surface area (Å²) in [7, 11) is 0. The number of carbonyl (C=O) groups is 1. The average Bonchev–Trinajstić information content (AvgIpc) is 3.66. The second-order valence-corrected chi connectivity index (χ2v) is 9.13. The van der Waals surface area contributed by atoms with Crippen LogP contribution in [0.2, 0.25) is 0 Å². The molecule has 2 atom stereocenters. The van der Waals surface area contributed by atoms with Crippen molar-refractivity contribution in [2.45, 2.75) is 39.0 Å². The smallest absolute Gasteiger partial charge is 0.254 e. The van der Waals surface area contributed by atoms with Crippen molar-refractivity contribution >= 4 is 11.6 Å². The molecule has 0 N–H and O–H groups in total. The number of nitrogens with zero attached hydrogens (tertiary/aromatic N) is 3. The van der Waals surface area contributed by atoms with Crippen molar-refractivity contribution < 1.29 is 18.3 Å². The van der Waals surface area contributed by atoms with Crippen LogP contribution >= 0.6 is 0 Å². The van der Waals surface area contributed by atoms with Crippen LogP contribution in [0.3, 0.4) is 0 Å².